The van der Waals surface area contributed by atoms with Gasteiger partial charge in [0.2, 0.25) is 0 Å². The lowest BCUT2D eigenvalue weighted by Gasteiger charge is -2.30. The van der Waals surface area contributed by atoms with Crippen LogP contribution in [0.3, 0.4) is 0 Å². The van der Waals surface area contributed by atoms with Gasteiger partial charge in [-0.1, -0.05) is 19.3 Å². The highest BCUT2D eigenvalue weighted by Gasteiger charge is 2.52. The molecule has 0 unspecified atom stereocenters. The summed E-state index contributed by atoms with van der Waals surface area (Å²) in [6.07, 6.45) is 3.80. The van der Waals surface area contributed by atoms with Gasteiger partial charge in [0, 0.05) is 18.8 Å². The third kappa shape index (κ3) is 3.33. The Balaban J connectivity index is 1.63. The molecule has 1 spiro atoms. The van der Waals surface area contributed by atoms with Crippen molar-refractivity contribution in [2.24, 2.45) is 0 Å². The van der Waals surface area contributed by atoms with Crippen molar-refractivity contribution >= 4 is 23.5 Å². The maximum absolute atomic E-state index is 13.3. The van der Waals surface area contributed by atoms with Crippen LogP contribution in [0, 0.1) is 11.6 Å². The summed E-state index contributed by atoms with van der Waals surface area (Å²) in [5.74, 6) is -3.08. The molecule has 3 rings (SSSR count). The summed E-state index contributed by atoms with van der Waals surface area (Å²) >= 11 is 0. The number of rotatable bonds is 4. The Labute approximate surface area is 149 Å². The molecule has 26 heavy (non-hydrogen) atoms. The van der Waals surface area contributed by atoms with E-state index < -0.39 is 35.0 Å². The fourth-order valence-electron chi connectivity index (χ4n) is 3.41. The van der Waals surface area contributed by atoms with Crippen LogP contribution in [-0.2, 0) is 9.59 Å². The van der Waals surface area contributed by atoms with E-state index in [4.69, 9.17) is 0 Å². The Bertz CT molecular complexity index is 750. The Hall–Kier alpha value is -2.71. The number of hydrazine groups is 1. The van der Waals surface area contributed by atoms with E-state index in [0.29, 0.717) is 23.5 Å². The number of urea groups is 1. The molecule has 9 heteroatoms. The van der Waals surface area contributed by atoms with Crippen LogP contribution in [0.2, 0.25) is 0 Å². The first kappa shape index (κ1) is 18.1. The summed E-state index contributed by atoms with van der Waals surface area (Å²) in [6.45, 7) is -0.241. The lowest BCUT2D eigenvalue weighted by molar-refractivity contribution is -0.139. The smallest absolute Gasteiger partial charge is 0.344 e. The van der Waals surface area contributed by atoms with Crippen LogP contribution in [0.25, 0.3) is 0 Å². The number of benzene rings is 1. The zero-order chi connectivity index (χ0) is 18.9. The van der Waals surface area contributed by atoms with Gasteiger partial charge in [-0.15, -0.1) is 0 Å². The van der Waals surface area contributed by atoms with Crippen molar-refractivity contribution in [1.29, 1.82) is 0 Å². The van der Waals surface area contributed by atoms with Gasteiger partial charge in [0.25, 0.3) is 11.8 Å². The molecule has 0 atom stereocenters. The molecule has 4 amide bonds. The second kappa shape index (κ2) is 6.89. The van der Waals surface area contributed by atoms with Crippen LogP contribution in [0.15, 0.2) is 18.2 Å². The molecular weight excluding hydrogens is 346 g/mol. The predicted molar refractivity (Wildman–Crippen MR) is 89.0 cm³/mol. The van der Waals surface area contributed by atoms with Crippen LogP contribution in [-0.4, -0.2) is 42.0 Å². The molecule has 0 aromatic heterocycles. The number of likely N-dealkylation sites (N-methyl/N-ethyl adjacent to an activating group) is 1. The van der Waals surface area contributed by atoms with Crippen molar-refractivity contribution in [3.63, 3.8) is 0 Å². The minimum absolute atomic E-state index is 0.241. The zero-order valence-electron chi connectivity index (χ0n) is 14.3. The van der Waals surface area contributed by atoms with Gasteiger partial charge in [0.1, 0.15) is 5.54 Å². The molecule has 1 aromatic carbocycles. The molecule has 1 aliphatic heterocycles. The van der Waals surface area contributed by atoms with Gasteiger partial charge in [-0.05, 0) is 25.0 Å². The van der Waals surface area contributed by atoms with E-state index >= 15 is 0 Å². The standard InChI is InChI=1S/C17H20F2N4O3/c1-22(11-5-6-12(18)13(19)9-11)10-14(24)21-23-15(25)17(20-16(23)26)7-3-2-4-8-17/h5-6,9H,2-4,7-8,10H2,1H3,(H,20,26)(H,21,24). The number of nitrogens with zero attached hydrogens (tertiary/aromatic N) is 2. The highest BCUT2D eigenvalue weighted by Crippen LogP contribution is 2.33. The molecule has 7 nitrogen and oxygen atoms in total. The van der Waals surface area contributed by atoms with E-state index in [0.717, 1.165) is 31.4 Å². The fourth-order valence-corrected chi connectivity index (χ4v) is 3.41. The molecule has 1 heterocycles. The van der Waals surface area contributed by atoms with Crippen LogP contribution in [0.1, 0.15) is 32.1 Å². The average Bonchev–Trinajstić information content (AvgIpc) is 2.82. The minimum atomic E-state index is -1.02. The first-order chi connectivity index (χ1) is 12.3. The number of hydrogen-bond acceptors (Lipinski definition) is 4. The largest absolute Gasteiger partial charge is 0.365 e. The Kier molecular flexibility index (Phi) is 4.80. The number of anilines is 1. The molecule has 1 aliphatic carbocycles. The molecular formula is C17H20F2N4O3. The molecule has 0 radical (unpaired) electrons. The maximum Gasteiger partial charge on any atom is 0.344 e. The molecule has 0 bridgehead atoms. The zero-order valence-corrected chi connectivity index (χ0v) is 14.3. The predicted octanol–water partition coefficient (Wildman–Crippen LogP) is 1.69. The third-order valence-electron chi connectivity index (χ3n) is 4.83. The summed E-state index contributed by atoms with van der Waals surface area (Å²) in [6, 6.07) is 2.60. The number of halogens is 2. The summed E-state index contributed by atoms with van der Waals surface area (Å²) in [5, 5.41) is 3.41. The maximum atomic E-state index is 13.3. The van der Waals surface area contributed by atoms with E-state index in [2.05, 4.69) is 10.7 Å². The molecule has 2 fully saturated rings. The normalized spacial score (nSPS) is 18.8. The van der Waals surface area contributed by atoms with Crippen LogP contribution < -0.4 is 15.6 Å². The Morgan fingerprint density at radius 2 is 1.92 bits per heavy atom. The van der Waals surface area contributed by atoms with Crippen molar-refractivity contribution in [3.05, 3.63) is 29.8 Å². The van der Waals surface area contributed by atoms with Gasteiger partial charge >= 0.3 is 6.03 Å². The fraction of sp³-hybridized carbons (Fsp3) is 0.471. The lowest BCUT2D eigenvalue weighted by atomic mass is 9.82. The van der Waals surface area contributed by atoms with Crippen molar-refractivity contribution in [3.8, 4) is 0 Å². The first-order valence-corrected chi connectivity index (χ1v) is 8.45. The quantitative estimate of drug-likeness (QED) is 0.795. The topological polar surface area (TPSA) is 81.8 Å². The van der Waals surface area contributed by atoms with E-state index in [1.807, 2.05) is 0 Å². The SMILES string of the molecule is CN(CC(=O)NN1C(=O)NC2(CCCCC2)C1=O)c1ccc(F)c(F)c1. The van der Waals surface area contributed by atoms with Crippen LogP contribution >= 0.6 is 0 Å². The van der Waals surface area contributed by atoms with E-state index in [1.54, 1.807) is 0 Å². The summed E-state index contributed by atoms with van der Waals surface area (Å²) in [4.78, 5) is 38.3. The summed E-state index contributed by atoms with van der Waals surface area (Å²) in [7, 11) is 1.51. The third-order valence-corrected chi connectivity index (χ3v) is 4.83. The second-order valence-electron chi connectivity index (χ2n) is 6.70. The number of imide groups is 1. The number of carbonyl (C=O) groups excluding carboxylic acids is 3. The van der Waals surface area contributed by atoms with Gasteiger partial charge in [0.15, 0.2) is 11.6 Å². The van der Waals surface area contributed by atoms with Crippen molar-refractivity contribution in [2.75, 3.05) is 18.5 Å². The number of nitrogens with one attached hydrogen (secondary N) is 2. The van der Waals surface area contributed by atoms with E-state index in [9.17, 15) is 23.2 Å². The Morgan fingerprint density at radius 3 is 2.58 bits per heavy atom. The van der Waals surface area contributed by atoms with Crippen molar-refractivity contribution in [2.45, 2.75) is 37.6 Å². The highest BCUT2D eigenvalue weighted by molar-refractivity contribution is 6.08. The highest BCUT2D eigenvalue weighted by atomic mass is 19.2. The van der Waals surface area contributed by atoms with Gasteiger partial charge in [-0.3, -0.25) is 15.0 Å². The van der Waals surface area contributed by atoms with Gasteiger partial charge < -0.3 is 10.2 Å². The number of hydrogen-bond donors (Lipinski definition) is 2. The van der Waals surface area contributed by atoms with Crippen LogP contribution in [0.5, 0.6) is 0 Å². The molecule has 1 saturated carbocycles. The van der Waals surface area contributed by atoms with Gasteiger partial charge in [-0.2, -0.15) is 5.01 Å². The number of carbonyl (C=O) groups is 3. The van der Waals surface area contributed by atoms with Crippen molar-refractivity contribution < 1.29 is 23.2 Å². The molecule has 1 saturated heterocycles. The number of amides is 4. The van der Waals surface area contributed by atoms with E-state index in [-0.39, 0.29) is 6.54 Å². The van der Waals surface area contributed by atoms with Gasteiger partial charge in [-0.25, -0.2) is 13.6 Å². The average molecular weight is 366 g/mol. The summed E-state index contributed by atoms with van der Waals surface area (Å²) in [5.41, 5.74) is 1.67. The molecule has 1 aromatic rings. The monoisotopic (exact) mass is 366 g/mol. The second-order valence-corrected chi connectivity index (χ2v) is 6.70. The van der Waals surface area contributed by atoms with Crippen LogP contribution in [0.4, 0.5) is 19.3 Å². The lowest BCUT2D eigenvalue weighted by Crippen LogP contribution is -2.52. The van der Waals surface area contributed by atoms with E-state index in [1.165, 1.54) is 18.0 Å². The first-order valence-electron chi connectivity index (χ1n) is 8.45. The molecule has 140 valence electrons. The molecule has 2 N–H and O–H groups in total. The minimum Gasteiger partial charge on any atom is -0.365 e. The van der Waals surface area contributed by atoms with Gasteiger partial charge in [0.05, 0.1) is 6.54 Å². The molecule has 2 aliphatic rings. The Morgan fingerprint density at radius 1 is 1.23 bits per heavy atom. The van der Waals surface area contributed by atoms with Crippen molar-refractivity contribution in [1.82, 2.24) is 15.8 Å². The summed E-state index contributed by atoms with van der Waals surface area (Å²) < 4.78 is 26.3.